The lowest BCUT2D eigenvalue weighted by molar-refractivity contribution is 0.114. The molecular formula is C26H33F2N3O. The third-order valence-corrected chi connectivity index (χ3v) is 6.49. The van der Waals surface area contributed by atoms with Crippen LogP contribution in [0.3, 0.4) is 0 Å². The lowest BCUT2D eigenvalue weighted by Gasteiger charge is -2.35. The minimum atomic E-state index is -0.604. The summed E-state index contributed by atoms with van der Waals surface area (Å²) in [5.41, 5.74) is 0.308. The molecule has 0 radical (unpaired) electrons. The molecule has 1 aliphatic heterocycles. The van der Waals surface area contributed by atoms with Gasteiger partial charge in [0, 0.05) is 50.6 Å². The molecule has 2 aromatic rings. The van der Waals surface area contributed by atoms with Crippen LogP contribution in [-0.4, -0.2) is 55.7 Å². The van der Waals surface area contributed by atoms with Gasteiger partial charge in [-0.1, -0.05) is 13.8 Å². The second-order valence-electron chi connectivity index (χ2n) is 8.79. The molecule has 4 nitrogen and oxygen atoms in total. The zero-order chi connectivity index (χ0) is 23.0. The highest BCUT2D eigenvalue weighted by atomic mass is 19.1. The summed E-state index contributed by atoms with van der Waals surface area (Å²) >= 11 is 0. The second-order valence-corrected chi connectivity index (χ2v) is 8.79. The zero-order valence-corrected chi connectivity index (χ0v) is 19.1. The topological polar surface area (TPSA) is 20.1 Å². The fourth-order valence-corrected chi connectivity index (χ4v) is 4.39. The highest BCUT2D eigenvalue weighted by Gasteiger charge is 2.42. The molecule has 1 unspecified atom stereocenters. The summed E-state index contributed by atoms with van der Waals surface area (Å²) in [6, 6.07) is 12.6. The molecule has 32 heavy (non-hydrogen) atoms. The highest BCUT2D eigenvalue weighted by molar-refractivity contribution is 5.29. The van der Waals surface area contributed by atoms with E-state index in [1.54, 1.807) is 24.3 Å². The SMILES string of the molecule is [C-]#[N+]C(CCCN1CCN(CCOc2ccc(F)cc2)CC1)(c1ccc(F)cc1)C(C)C. The summed E-state index contributed by atoms with van der Waals surface area (Å²) in [6.45, 7) is 18.4. The molecule has 1 atom stereocenters. The molecule has 0 bridgehead atoms. The van der Waals surface area contributed by atoms with Gasteiger partial charge in [-0.15, -0.1) is 0 Å². The van der Waals surface area contributed by atoms with Crippen molar-refractivity contribution in [3.8, 4) is 5.75 Å². The predicted octanol–water partition coefficient (Wildman–Crippen LogP) is 5.21. The Morgan fingerprint density at radius 3 is 1.97 bits per heavy atom. The maximum atomic E-state index is 13.4. The van der Waals surface area contributed by atoms with Crippen molar-refractivity contribution in [2.75, 3.05) is 45.9 Å². The molecule has 0 aromatic heterocycles. The third kappa shape index (κ3) is 6.27. The molecule has 1 saturated heterocycles. The van der Waals surface area contributed by atoms with Gasteiger partial charge in [0.2, 0.25) is 0 Å². The zero-order valence-electron chi connectivity index (χ0n) is 19.1. The number of benzene rings is 2. The van der Waals surface area contributed by atoms with Crippen LogP contribution in [0, 0.1) is 24.1 Å². The first-order valence-electron chi connectivity index (χ1n) is 11.4. The number of hydrogen-bond acceptors (Lipinski definition) is 3. The first-order valence-corrected chi connectivity index (χ1v) is 11.4. The van der Waals surface area contributed by atoms with Crippen molar-refractivity contribution in [1.29, 1.82) is 0 Å². The Morgan fingerprint density at radius 1 is 0.906 bits per heavy atom. The van der Waals surface area contributed by atoms with Gasteiger partial charge in [0.25, 0.3) is 5.54 Å². The molecule has 2 aromatic carbocycles. The molecule has 172 valence electrons. The average molecular weight is 442 g/mol. The van der Waals surface area contributed by atoms with E-state index in [0.29, 0.717) is 12.4 Å². The minimum absolute atomic E-state index is 0.156. The molecular weight excluding hydrogens is 408 g/mol. The van der Waals surface area contributed by atoms with Crippen LogP contribution in [-0.2, 0) is 5.54 Å². The average Bonchev–Trinajstić information content (AvgIpc) is 2.80. The molecule has 0 spiro atoms. The summed E-state index contributed by atoms with van der Waals surface area (Å²) in [5, 5.41) is 0. The molecule has 1 fully saturated rings. The van der Waals surface area contributed by atoms with Gasteiger partial charge in [0.15, 0.2) is 0 Å². The van der Waals surface area contributed by atoms with E-state index in [4.69, 9.17) is 11.3 Å². The fourth-order valence-electron chi connectivity index (χ4n) is 4.39. The van der Waals surface area contributed by atoms with Crippen molar-refractivity contribution in [2.45, 2.75) is 32.2 Å². The van der Waals surface area contributed by atoms with Crippen LogP contribution in [0.25, 0.3) is 4.85 Å². The summed E-state index contributed by atoms with van der Waals surface area (Å²) in [6.07, 6.45) is 1.71. The Balaban J connectivity index is 1.41. The molecule has 0 aliphatic carbocycles. The van der Waals surface area contributed by atoms with E-state index < -0.39 is 5.54 Å². The van der Waals surface area contributed by atoms with Gasteiger partial charge in [0.1, 0.15) is 24.0 Å². The van der Waals surface area contributed by atoms with Crippen LogP contribution in [0.2, 0.25) is 0 Å². The molecule has 0 N–H and O–H groups in total. The molecule has 3 rings (SSSR count). The van der Waals surface area contributed by atoms with Gasteiger partial charge in [0.05, 0.1) is 0 Å². The van der Waals surface area contributed by atoms with Crippen molar-refractivity contribution in [3.05, 3.63) is 77.1 Å². The molecule has 1 aliphatic rings. The van der Waals surface area contributed by atoms with Crippen molar-refractivity contribution < 1.29 is 13.5 Å². The van der Waals surface area contributed by atoms with Crippen LogP contribution in [0.1, 0.15) is 32.3 Å². The van der Waals surface area contributed by atoms with E-state index in [9.17, 15) is 8.78 Å². The molecule has 6 heteroatoms. The second kappa shape index (κ2) is 11.4. The van der Waals surface area contributed by atoms with E-state index in [1.165, 1.54) is 24.3 Å². The number of ether oxygens (including phenoxy) is 1. The Kier molecular flexibility index (Phi) is 8.60. The minimum Gasteiger partial charge on any atom is -0.492 e. The Bertz CT molecular complexity index is 871. The van der Waals surface area contributed by atoms with Gasteiger partial charge < -0.3 is 14.5 Å². The standard InChI is InChI=1S/C26H33F2N3O/c1-21(2)26(29-3,22-5-7-23(27)8-6-22)13-4-14-30-15-17-31(18-16-30)19-20-32-25-11-9-24(28)10-12-25/h5-12,21H,4,13-20H2,1-2H3. The molecule has 1 heterocycles. The van der Waals surface area contributed by atoms with Gasteiger partial charge in [-0.2, -0.15) is 0 Å². The Labute approximate surface area is 190 Å². The molecule has 0 saturated carbocycles. The fraction of sp³-hybridized carbons (Fsp3) is 0.500. The quantitative estimate of drug-likeness (QED) is 0.472. The summed E-state index contributed by atoms with van der Waals surface area (Å²) < 4.78 is 32.0. The Morgan fingerprint density at radius 2 is 1.44 bits per heavy atom. The van der Waals surface area contributed by atoms with Gasteiger partial charge in [-0.25, -0.2) is 15.4 Å². The van der Waals surface area contributed by atoms with Crippen LogP contribution in [0.4, 0.5) is 8.78 Å². The number of hydrogen-bond donors (Lipinski definition) is 0. The van der Waals surface area contributed by atoms with E-state index in [1.807, 2.05) is 0 Å². The van der Waals surface area contributed by atoms with Crippen LogP contribution in [0.5, 0.6) is 5.75 Å². The third-order valence-electron chi connectivity index (χ3n) is 6.49. The number of nitrogens with zero attached hydrogens (tertiary/aromatic N) is 3. The van der Waals surface area contributed by atoms with Gasteiger partial charge in [-0.05, 0) is 61.5 Å². The van der Waals surface area contributed by atoms with Crippen LogP contribution in [0.15, 0.2) is 48.5 Å². The van der Waals surface area contributed by atoms with E-state index in [2.05, 4.69) is 28.5 Å². The van der Waals surface area contributed by atoms with Crippen molar-refractivity contribution in [1.82, 2.24) is 9.80 Å². The monoisotopic (exact) mass is 441 g/mol. The van der Waals surface area contributed by atoms with E-state index in [0.717, 1.165) is 57.7 Å². The van der Waals surface area contributed by atoms with E-state index >= 15 is 0 Å². The summed E-state index contributed by atoms with van der Waals surface area (Å²) in [5.74, 6) is 0.327. The normalized spacial score (nSPS) is 17.1. The predicted molar refractivity (Wildman–Crippen MR) is 124 cm³/mol. The summed E-state index contributed by atoms with van der Waals surface area (Å²) in [4.78, 5) is 8.88. The van der Waals surface area contributed by atoms with Crippen molar-refractivity contribution >= 4 is 0 Å². The maximum Gasteiger partial charge on any atom is 0.259 e. The number of halogens is 2. The first kappa shape index (κ1) is 24.2. The van der Waals surface area contributed by atoms with Gasteiger partial charge in [-0.3, -0.25) is 4.90 Å². The Hall–Kier alpha value is -2.49. The molecule has 0 amide bonds. The van der Waals surface area contributed by atoms with Crippen LogP contribution < -0.4 is 4.74 Å². The number of piperazine rings is 1. The summed E-state index contributed by atoms with van der Waals surface area (Å²) in [7, 11) is 0. The highest BCUT2D eigenvalue weighted by Crippen LogP contribution is 2.38. The van der Waals surface area contributed by atoms with Crippen molar-refractivity contribution in [2.24, 2.45) is 5.92 Å². The first-order chi connectivity index (χ1) is 15.4. The number of rotatable bonds is 10. The largest absolute Gasteiger partial charge is 0.492 e. The van der Waals surface area contributed by atoms with Crippen LogP contribution >= 0.6 is 0 Å². The van der Waals surface area contributed by atoms with E-state index in [-0.39, 0.29) is 17.6 Å². The lowest BCUT2D eigenvalue weighted by Crippen LogP contribution is -2.47. The van der Waals surface area contributed by atoms with Crippen molar-refractivity contribution in [3.63, 3.8) is 0 Å². The lowest BCUT2D eigenvalue weighted by atomic mass is 9.77. The van der Waals surface area contributed by atoms with Gasteiger partial charge >= 0.3 is 0 Å². The smallest absolute Gasteiger partial charge is 0.259 e. The maximum absolute atomic E-state index is 13.4.